The number of esters is 1. The third-order valence-corrected chi connectivity index (χ3v) is 8.65. The van der Waals surface area contributed by atoms with Gasteiger partial charge in [-0.15, -0.1) is 0 Å². The van der Waals surface area contributed by atoms with Crippen LogP contribution in [0.2, 0.25) is 0 Å². The number of nitrogens with zero attached hydrogens (tertiary/aromatic N) is 3. The van der Waals surface area contributed by atoms with E-state index in [2.05, 4.69) is 4.90 Å². The third-order valence-electron chi connectivity index (χ3n) is 6.73. The second-order valence-corrected chi connectivity index (χ2v) is 10.9. The van der Waals surface area contributed by atoms with E-state index in [0.29, 0.717) is 43.6 Å². The van der Waals surface area contributed by atoms with Gasteiger partial charge in [0.25, 0.3) is 5.91 Å². The van der Waals surface area contributed by atoms with Gasteiger partial charge in [0, 0.05) is 31.7 Å². The molecule has 0 N–H and O–H groups in total. The maximum absolute atomic E-state index is 13.7. The molecule has 4 rings (SSSR count). The fourth-order valence-electron chi connectivity index (χ4n) is 4.73. The van der Waals surface area contributed by atoms with Gasteiger partial charge in [-0.3, -0.25) is 4.79 Å². The molecule has 9 nitrogen and oxygen atoms in total. The number of carbonyl (C=O) groups excluding carboxylic acids is 2. The molecular weight excluding hydrogens is 489 g/mol. The van der Waals surface area contributed by atoms with Gasteiger partial charge in [-0.2, -0.15) is 4.31 Å². The number of likely N-dealkylation sites (N-methyl/N-ethyl adjacent to an activating group) is 1. The molecule has 1 unspecified atom stereocenters. The Labute approximate surface area is 210 Å². The standard InChI is InChI=1S/C25H30FN3O6S/c1-27-10-4-11-28(14-13-27)36(32,33)22-16-20-18(15-21(22)34-2)9-12-29(23(20)25(31)35-3)24(30)17-5-7-19(26)8-6-17/h5-8,15-16,23H,4,9-14H2,1-3H3. The first kappa shape index (κ1) is 26.1. The van der Waals surface area contributed by atoms with E-state index >= 15 is 0 Å². The molecule has 1 saturated heterocycles. The van der Waals surface area contributed by atoms with Crippen molar-refractivity contribution in [3.05, 3.63) is 58.9 Å². The summed E-state index contributed by atoms with van der Waals surface area (Å²) in [4.78, 5) is 29.6. The SMILES string of the molecule is COC(=O)C1c2cc(S(=O)(=O)N3CCCN(C)CC3)c(OC)cc2CCN1C(=O)c1ccc(F)cc1. The summed E-state index contributed by atoms with van der Waals surface area (Å²) in [6.07, 6.45) is 1.06. The van der Waals surface area contributed by atoms with E-state index in [4.69, 9.17) is 9.47 Å². The minimum Gasteiger partial charge on any atom is -0.495 e. The Bertz CT molecular complexity index is 1250. The monoisotopic (exact) mass is 519 g/mol. The summed E-state index contributed by atoms with van der Waals surface area (Å²) >= 11 is 0. The zero-order valence-corrected chi connectivity index (χ0v) is 21.4. The molecule has 11 heteroatoms. The lowest BCUT2D eigenvalue weighted by Gasteiger charge is -2.36. The maximum atomic E-state index is 13.7. The number of methoxy groups -OCH3 is 2. The lowest BCUT2D eigenvalue weighted by Crippen LogP contribution is -2.44. The minimum atomic E-state index is -3.95. The number of carbonyl (C=O) groups is 2. The molecule has 2 aromatic carbocycles. The first-order valence-corrected chi connectivity index (χ1v) is 13.1. The van der Waals surface area contributed by atoms with Gasteiger partial charge < -0.3 is 19.3 Å². The predicted octanol–water partition coefficient (Wildman–Crippen LogP) is 2.07. The van der Waals surface area contributed by atoms with Crippen LogP contribution in [-0.4, -0.2) is 88.4 Å². The van der Waals surface area contributed by atoms with Crippen molar-refractivity contribution < 1.29 is 31.9 Å². The number of sulfonamides is 1. The second-order valence-electron chi connectivity index (χ2n) is 8.94. The van der Waals surface area contributed by atoms with Gasteiger partial charge in [-0.05, 0) is 74.0 Å². The van der Waals surface area contributed by atoms with Gasteiger partial charge >= 0.3 is 5.97 Å². The van der Waals surface area contributed by atoms with Crippen molar-refractivity contribution in [3.8, 4) is 5.75 Å². The largest absolute Gasteiger partial charge is 0.495 e. The van der Waals surface area contributed by atoms with Crippen LogP contribution in [0.5, 0.6) is 5.75 Å². The molecular formula is C25H30FN3O6S. The second kappa shape index (κ2) is 10.5. The molecule has 2 heterocycles. The number of benzene rings is 2. The summed E-state index contributed by atoms with van der Waals surface area (Å²) in [5.74, 6) is -1.47. The van der Waals surface area contributed by atoms with Crippen molar-refractivity contribution in [2.45, 2.75) is 23.8 Å². The van der Waals surface area contributed by atoms with Crippen LogP contribution in [0.3, 0.4) is 0 Å². The number of hydrogen-bond acceptors (Lipinski definition) is 7. The van der Waals surface area contributed by atoms with Gasteiger partial charge in [0.05, 0.1) is 14.2 Å². The van der Waals surface area contributed by atoms with Crippen molar-refractivity contribution in [2.75, 3.05) is 54.0 Å². The highest BCUT2D eigenvalue weighted by Crippen LogP contribution is 2.38. The highest BCUT2D eigenvalue weighted by atomic mass is 32.2. The average Bonchev–Trinajstić information content (AvgIpc) is 3.11. The molecule has 2 aliphatic heterocycles. The Morgan fingerprint density at radius 3 is 2.39 bits per heavy atom. The van der Waals surface area contributed by atoms with Gasteiger partial charge in [0.15, 0.2) is 6.04 Å². The van der Waals surface area contributed by atoms with Crippen LogP contribution >= 0.6 is 0 Å². The zero-order chi connectivity index (χ0) is 26.0. The molecule has 0 aliphatic carbocycles. The van der Waals surface area contributed by atoms with Crippen molar-refractivity contribution in [1.82, 2.24) is 14.1 Å². The molecule has 0 saturated carbocycles. The summed E-state index contributed by atoms with van der Waals surface area (Å²) in [6, 6.07) is 6.94. The summed E-state index contributed by atoms with van der Waals surface area (Å²) in [5, 5.41) is 0. The van der Waals surface area contributed by atoms with E-state index in [1.165, 1.54) is 53.8 Å². The van der Waals surface area contributed by atoms with E-state index in [1.54, 1.807) is 6.07 Å². The first-order valence-electron chi connectivity index (χ1n) is 11.7. The predicted molar refractivity (Wildman–Crippen MR) is 130 cm³/mol. The van der Waals surface area contributed by atoms with Crippen LogP contribution < -0.4 is 4.74 Å². The van der Waals surface area contributed by atoms with E-state index < -0.39 is 33.8 Å². The van der Waals surface area contributed by atoms with Crippen molar-refractivity contribution in [2.24, 2.45) is 0 Å². The fourth-order valence-corrected chi connectivity index (χ4v) is 6.38. The lowest BCUT2D eigenvalue weighted by molar-refractivity contribution is -0.146. The normalized spacial score (nSPS) is 19.3. The molecule has 2 aromatic rings. The summed E-state index contributed by atoms with van der Waals surface area (Å²) < 4.78 is 52.8. The number of rotatable bonds is 5. The number of ether oxygens (including phenoxy) is 2. The zero-order valence-electron chi connectivity index (χ0n) is 20.6. The molecule has 1 atom stereocenters. The van der Waals surface area contributed by atoms with E-state index in [-0.39, 0.29) is 22.8 Å². The summed E-state index contributed by atoms with van der Waals surface area (Å²) in [5.41, 5.74) is 1.28. The van der Waals surface area contributed by atoms with Crippen molar-refractivity contribution >= 4 is 21.9 Å². The number of halogens is 1. The van der Waals surface area contributed by atoms with E-state index in [9.17, 15) is 22.4 Å². The van der Waals surface area contributed by atoms with Crippen LogP contribution in [-0.2, 0) is 26.0 Å². The summed E-state index contributed by atoms with van der Waals surface area (Å²) in [6.45, 7) is 2.27. The number of hydrogen-bond donors (Lipinski definition) is 0. The molecule has 36 heavy (non-hydrogen) atoms. The quantitative estimate of drug-likeness (QED) is 0.558. The van der Waals surface area contributed by atoms with Crippen LogP contribution in [0.1, 0.15) is 33.9 Å². The molecule has 194 valence electrons. The topological polar surface area (TPSA) is 96.5 Å². The molecule has 1 amide bonds. The highest BCUT2D eigenvalue weighted by Gasteiger charge is 2.40. The highest BCUT2D eigenvalue weighted by molar-refractivity contribution is 7.89. The Morgan fingerprint density at radius 2 is 1.72 bits per heavy atom. The average molecular weight is 520 g/mol. The molecule has 2 aliphatic rings. The summed E-state index contributed by atoms with van der Waals surface area (Å²) in [7, 11) is 0.616. The Balaban J connectivity index is 1.79. The molecule has 0 aromatic heterocycles. The maximum Gasteiger partial charge on any atom is 0.333 e. The van der Waals surface area contributed by atoms with Crippen LogP contribution in [0.4, 0.5) is 4.39 Å². The molecule has 1 fully saturated rings. The fraction of sp³-hybridized carbons (Fsp3) is 0.440. The Hall–Kier alpha value is -3.02. The smallest absolute Gasteiger partial charge is 0.333 e. The first-order chi connectivity index (χ1) is 17.2. The van der Waals surface area contributed by atoms with Crippen molar-refractivity contribution in [3.63, 3.8) is 0 Å². The van der Waals surface area contributed by atoms with E-state index in [0.717, 1.165) is 6.54 Å². The van der Waals surface area contributed by atoms with Gasteiger partial charge in [0.2, 0.25) is 10.0 Å². The van der Waals surface area contributed by atoms with Crippen LogP contribution in [0, 0.1) is 5.82 Å². The van der Waals surface area contributed by atoms with Gasteiger partial charge in [0.1, 0.15) is 16.5 Å². The lowest BCUT2D eigenvalue weighted by atomic mass is 9.91. The molecule has 0 bridgehead atoms. The molecule has 0 radical (unpaired) electrons. The minimum absolute atomic E-state index is 0.0571. The number of amides is 1. The van der Waals surface area contributed by atoms with Crippen molar-refractivity contribution in [1.29, 1.82) is 0 Å². The van der Waals surface area contributed by atoms with Gasteiger partial charge in [-0.25, -0.2) is 17.6 Å². The van der Waals surface area contributed by atoms with Gasteiger partial charge in [-0.1, -0.05) is 0 Å². The van der Waals surface area contributed by atoms with E-state index in [1.807, 2.05) is 7.05 Å². The third kappa shape index (κ3) is 4.95. The van der Waals surface area contributed by atoms with Crippen LogP contribution in [0.15, 0.2) is 41.3 Å². The Morgan fingerprint density at radius 1 is 1.00 bits per heavy atom. The Kier molecular flexibility index (Phi) is 7.62. The number of fused-ring (bicyclic) bond motifs is 1. The molecule has 0 spiro atoms. The van der Waals surface area contributed by atoms with Crippen LogP contribution in [0.25, 0.3) is 0 Å².